The minimum absolute atomic E-state index is 0.0540. The summed E-state index contributed by atoms with van der Waals surface area (Å²) in [6.45, 7) is 0.434. The molecule has 2 aromatic rings. The molecule has 0 amide bonds. The lowest BCUT2D eigenvalue weighted by atomic mass is 10.0. The molecule has 2 aromatic carbocycles. The number of nitrogens with zero attached hydrogens (tertiary/aromatic N) is 1. The highest BCUT2D eigenvalue weighted by Crippen LogP contribution is 2.29. The van der Waals surface area contributed by atoms with Gasteiger partial charge in [0, 0.05) is 17.7 Å². The highest BCUT2D eigenvalue weighted by Gasteiger charge is 2.11. The van der Waals surface area contributed by atoms with Gasteiger partial charge in [-0.25, -0.2) is 0 Å². The first-order valence-corrected chi connectivity index (χ1v) is 6.33. The normalized spacial score (nSPS) is 11.6. The third-order valence-corrected chi connectivity index (χ3v) is 2.96. The Balaban J connectivity index is 2.04. The average molecular weight is 268 g/mol. The summed E-state index contributed by atoms with van der Waals surface area (Å²) in [6.07, 6.45) is 0.164. The molecule has 4 heteroatoms. The maximum Gasteiger partial charge on any atom is 0.124 e. The van der Waals surface area contributed by atoms with Crippen LogP contribution in [0.25, 0.3) is 0 Å². The van der Waals surface area contributed by atoms with Crippen molar-refractivity contribution in [3.05, 3.63) is 59.7 Å². The van der Waals surface area contributed by atoms with Crippen LogP contribution < -0.4 is 10.5 Å². The number of rotatable bonds is 5. The van der Waals surface area contributed by atoms with Crippen LogP contribution in [0.2, 0.25) is 0 Å². The summed E-state index contributed by atoms with van der Waals surface area (Å²) in [5, 5.41) is 18.5. The molecule has 0 aliphatic carbocycles. The second kappa shape index (κ2) is 6.60. The van der Waals surface area contributed by atoms with E-state index in [0.29, 0.717) is 17.9 Å². The van der Waals surface area contributed by atoms with E-state index in [1.165, 1.54) is 6.07 Å². The summed E-state index contributed by atoms with van der Waals surface area (Å²) in [7, 11) is 0. The number of nitrogens with two attached hydrogens (primary N) is 1. The number of phenolic OH excluding ortho intramolecular Hbond substituents is 1. The van der Waals surface area contributed by atoms with Gasteiger partial charge in [0.05, 0.1) is 12.5 Å². The molecular formula is C16H16N2O2. The van der Waals surface area contributed by atoms with E-state index < -0.39 is 6.04 Å². The predicted octanol–water partition coefficient (Wildman–Crippen LogP) is 2.88. The second-order valence-electron chi connectivity index (χ2n) is 4.46. The first-order chi connectivity index (χ1) is 9.70. The van der Waals surface area contributed by atoms with Crippen LogP contribution in [-0.4, -0.2) is 5.11 Å². The Morgan fingerprint density at radius 3 is 2.60 bits per heavy atom. The van der Waals surface area contributed by atoms with Crippen molar-refractivity contribution in [2.75, 3.05) is 0 Å². The molecule has 4 nitrogen and oxygen atoms in total. The van der Waals surface area contributed by atoms with Gasteiger partial charge in [0.15, 0.2) is 0 Å². The zero-order valence-corrected chi connectivity index (χ0v) is 11.0. The minimum Gasteiger partial charge on any atom is -0.507 e. The zero-order valence-electron chi connectivity index (χ0n) is 11.0. The van der Waals surface area contributed by atoms with E-state index in [1.54, 1.807) is 12.1 Å². The van der Waals surface area contributed by atoms with Crippen LogP contribution in [0, 0.1) is 11.3 Å². The SMILES string of the molecule is N#CC[C@@H](N)c1ccc(OCc2ccccc2)cc1O. The first kappa shape index (κ1) is 13.9. The third kappa shape index (κ3) is 3.50. The maximum absolute atomic E-state index is 9.92. The van der Waals surface area contributed by atoms with Gasteiger partial charge in [-0.2, -0.15) is 5.26 Å². The van der Waals surface area contributed by atoms with E-state index in [9.17, 15) is 5.11 Å². The van der Waals surface area contributed by atoms with Crippen LogP contribution in [0.15, 0.2) is 48.5 Å². The maximum atomic E-state index is 9.92. The lowest BCUT2D eigenvalue weighted by molar-refractivity contribution is 0.304. The fourth-order valence-electron chi connectivity index (χ4n) is 1.88. The van der Waals surface area contributed by atoms with Gasteiger partial charge in [0.25, 0.3) is 0 Å². The molecule has 0 fully saturated rings. The molecule has 0 aliphatic rings. The smallest absolute Gasteiger partial charge is 0.124 e. The highest BCUT2D eigenvalue weighted by atomic mass is 16.5. The molecular weight excluding hydrogens is 252 g/mol. The second-order valence-corrected chi connectivity index (χ2v) is 4.46. The molecule has 0 aliphatic heterocycles. The van der Waals surface area contributed by atoms with Crippen molar-refractivity contribution in [2.24, 2.45) is 5.73 Å². The van der Waals surface area contributed by atoms with Crippen LogP contribution in [0.3, 0.4) is 0 Å². The Morgan fingerprint density at radius 1 is 1.20 bits per heavy atom. The van der Waals surface area contributed by atoms with Crippen molar-refractivity contribution in [3.8, 4) is 17.6 Å². The van der Waals surface area contributed by atoms with Crippen molar-refractivity contribution in [1.82, 2.24) is 0 Å². The molecule has 0 aromatic heterocycles. The molecule has 3 N–H and O–H groups in total. The number of benzene rings is 2. The van der Waals surface area contributed by atoms with Gasteiger partial charge in [-0.1, -0.05) is 36.4 Å². The fraction of sp³-hybridized carbons (Fsp3) is 0.188. The summed E-state index contributed by atoms with van der Waals surface area (Å²) in [5.41, 5.74) is 7.41. The molecule has 0 saturated carbocycles. The zero-order chi connectivity index (χ0) is 14.4. The largest absolute Gasteiger partial charge is 0.507 e. The van der Waals surface area contributed by atoms with Crippen molar-refractivity contribution in [1.29, 1.82) is 5.26 Å². The summed E-state index contributed by atoms with van der Waals surface area (Å²) in [6, 6.07) is 16.2. The summed E-state index contributed by atoms with van der Waals surface area (Å²) in [4.78, 5) is 0. The number of aromatic hydroxyl groups is 1. The van der Waals surface area contributed by atoms with E-state index in [0.717, 1.165) is 5.56 Å². The van der Waals surface area contributed by atoms with E-state index in [1.807, 2.05) is 36.4 Å². The minimum atomic E-state index is -0.483. The lowest BCUT2D eigenvalue weighted by Gasteiger charge is -2.12. The molecule has 0 heterocycles. The number of ether oxygens (including phenoxy) is 1. The van der Waals surface area contributed by atoms with Crippen molar-refractivity contribution < 1.29 is 9.84 Å². The van der Waals surface area contributed by atoms with Gasteiger partial charge in [-0.05, 0) is 11.6 Å². The molecule has 2 rings (SSSR count). The Labute approximate surface area is 118 Å². The summed E-state index contributed by atoms with van der Waals surface area (Å²) in [5.74, 6) is 0.623. The molecule has 0 radical (unpaired) electrons. The van der Waals surface area contributed by atoms with Gasteiger partial charge in [-0.15, -0.1) is 0 Å². The highest BCUT2D eigenvalue weighted by molar-refractivity contribution is 5.41. The van der Waals surface area contributed by atoms with Crippen LogP contribution >= 0.6 is 0 Å². The number of hydrogen-bond acceptors (Lipinski definition) is 4. The van der Waals surface area contributed by atoms with Crippen LogP contribution in [0.1, 0.15) is 23.6 Å². The Morgan fingerprint density at radius 2 is 1.95 bits per heavy atom. The van der Waals surface area contributed by atoms with Crippen LogP contribution in [-0.2, 0) is 6.61 Å². The summed E-state index contributed by atoms with van der Waals surface area (Å²) < 4.78 is 5.60. The molecule has 102 valence electrons. The Bertz CT molecular complexity index is 606. The fourth-order valence-corrected chi connectivity index (χ4v) is 1.88. The molecule has 0 bridgehead atoms. The van der Waals surface area contributed by atoms with E-state index >= 15 is 0 Å². The molecule has 1 atom stereocenters. The molecule has 0 saturated heterocycles. The van der Waals surface area contributed by atoms with Crippen molar-refractivity contribution in [2.45, 2.75) is 19.1 Å². The van der Waals surface area contributed by atoms with Crippen molar-refractivity contribution in [3.63, 3.8) is 0 Å². The van der Waals surface area contributed by atoms with Gasteiger partial charge < -0.3 is 15.6 Å². The Hall–Kier alpha value is -2.51. The van der Waals surface area contributed by atoms with Gasteiger partial charge in [-0.3, -0.25) is 0 Å². The first-order valence-electron chi connectivity index (χ1n) is 6.33. The molecule has 0 spiro atoms. The topological polar surface area (TPSA) is 79.3 Å². The van der Waals surface area contributed by atoms with Gasteiger partial charge in [0.1, 0.15) is 18.1 Å². The average Bonchev–Trinajstić information content (AvgIpc) is 2.46. The van der Waals surface area contributed by atoms with E-state index in [2.05, 4.69) is 0 Å². The van der Waals surface area contributed by atoms with Crippen LogP contribution in [0.4, 0.5) is 0 Å². The van der Waals surface area contributed by atoms with Gasteiger partial charge >= 0.3 is 0 Å². The number of nitriles is 1. The van der Waals surface area contributed by atoms with E-state index in [-0.39, 0.29) is 12.2 Å². The predicted molar refractivity (Wildman–Crippen MR) is 76.0 cm³/mol. The lowest BCUT2D eigenvalue weighted by Crippen LogP contribution is -2.09. The summed E-state index contributed by atoms with van der Waals surface area (Å²) >= 11 is 0. The van der Waals surface area contributed by atoms with Crippen LogP contribution in [0.5, 0.6) is 11.5 Å². The standard InChI is InChI=1S/C16H16N2O2/c17-9-8-15(18)14-7-6-13(10-16(14)19)20-11-12-4-2-1-3-5-12/h1-7,10,15,19H,8,11,18H2/t15-/m1/s1. The number of phenols is 1. The van der Waals surface area contributed by atoms with Gasteiger partial charge in [0.2, 0.25) is 0 Å². The monoisotopic (exact) mass is 268 g/mol. The van der Waals surface area contributed by atoms with Crippen molar-refractivity contribution >= 4 is 0 Å². The molecule has 20 heavy (non-hydrogen) atoms. The molecule has 0 unspecified atom stereocenters. The van der Waals surface area contributed by atoms with E-state index in [4.69, 9.17) is 15.7 Å². The third-order valence-electron chi connectivity index (χ3n) is 2.96. The quantitative estimate of drug-likeness (QED) is 0.873. The Kier molecular flexibility index (Phi) is 4.59. The number of hydrogen-bond donors (Lipinski definition) is 2.